The average molecular weight is 480 g/mol. The van der Waals surface area contributed by atoms with Crippen molar-refractivity contribution in [2.45, 2.75) is 6.16 Å². The second-order valence-corrected chi connectivity index (χ2v) is 11.0. The van der Waals surface area contributed by atoms with E-state index in [1.807, 2.05) is 24.3 Å². The van der Waals surface area contributed by atoms with Gasteiger partial charge in [0.2, 0.25) is 0 Å². The molecule has 0 saturated carbocycles. The molecular weight excluding hydrogens is 457 g/mol. The van der Waals surface area contributed by atoms with Crippen LogP contribution in [0.2, 0.25) is 0 Å². The molecule has 0 aliphatic rings. The molecule has 0 heterocycles. The van der Waals surface area contributed by atoms with Gasteiger partial charge in [-0.1, -0.05) is 0 Å². The quantitative estimate of drug-likeness (QED) is 0.211. The van der Waals surface area contributed by atoms with Gasteiger partial charge in [-0.3, -0.25) is 0 Å². The maximum absolute atomic E-state index is 11.3. The molecule has 0 N–H and O–H groups in total. The molecule has 0 amide bonds. The van der Waals surface area contributed by atoms with Crippen molar-refractivity contribution in [1.29, 1.82) is 0 Å². The van der Waals surface area contributed by atoms with Crippen molar-refractivity contribution in [1.82, 2.24) is 0 Å². The SMILES string of the molecule is Br.O=[N+]([O-])c1cccc(C[PH](c2ccccc2)(c2ccccc2)c2ccccc2)c1. The van der Waals surface area contributed by atoms with Crippen LogP contribution in [0.15, 0.2) is 115 Å². The summed E-state index contributed by atoms with van der Waals surface area (Å²) >= 11 is 0. The van der Waals surface area contributed by atoms with E-state index in [2.05, 4.69) is 72.8 Å². The predicted molar refractivity (Wildman–Crippen MR) is 134 cm³/mol. The minimum absolute atomic E-state index is 0. The van der Waals surface area contributed by atoms with Gasteiger partial charge >= 0.3 is 171 Å². The average Bonchev–Trinajstić information content (AvgIpc) is 2.79. The first-order valence-electron chi connectivity index (χ1n) is 9.60. The van der Waals surface area contributed by atoms with Gasteiger partial charge in [0.05, 0.1) is 0 Å². The van der Waals surface area contributed by atoms with Gasteiger partial charge in [-0.15, -0.1) is 17.0 Å². The number of nitrogens with zero attached hydrogens (tertiary/aromatic N) is 1. The first-order valence-corrected chi connectivity index (χ1v) is 11.8. The normalized spacial score (nSPS) is 11.3. The Morgan fingerprint density at radius 3 is 1.47 bits per heavy atom. The van der Waals surface area contributed by atoms with E-state index < -0.39 is 7.26 Å². The van der Waals surface area contributed by atoms with Crippen molar-refractivity contribution in [3.8, 4) is 0 Å². The van der Waals surface area contributed by atoms with Crippen molar-refractivity contribution >= 4 is 45.8 Å². The Morgan fingerprint density at radius 1 is 0.633 bits per heavy atom. The van der Waals surface area contributed by atoms with Gasteiger partial charge in [0.1, 0.15) is 0 Å². The van der Waals surface area contributed by atoms with Crippen LogP contribution in [0.3, 0.4) is 0 Å². The number of rotatable bonds is 6. The zero-order chi connectivity index (χ0) is 20.1. The van der Waals surface area contributed by atoms with E-state index in [1.54, 1.807) is 18.2 Å². The van der Waals surface area contributed by atoms with Gasteiger partial charge in [-0.05, 0) is 0 Å². The molecule has 0 bridgehead atoms. The molecule has 0 unspecified atom stereocenters. The Labute approximate surface area is 187 Å². The number of halogens is 1. The molecule has 3 nitrogen and oxygen atoms in total. The van der Waals surface area contributed by atoms with Crippen molar-refractivity contribution in [3.05, 3.63) is 131 Å². The van der Waals surface area contributed by atoms with Crippen LogP contribution in [0.5, 0.6) is 0 Å². The van der Waals surface area contributed by atoms with E-state index >= 15 is 0 Å². The summed E-state index contributed by atoms with van der Waals surface area (Å²) in [5.74, 6) is 0. The monoisotopic (exact) mass is 479 g/mol. The minimum atomic E-state index is -2.44. The van der Waals surface area contributed by atoms with E-state index in [9.17, 15) is 10.1 Å². The van der Waals surface area contributed by atoms with Crippen LogP contribution in [0.25, 0.3) is 0 Å². The number of hydrogen-bond acceptors (Lipinski definition) is 2. The van der Waals surface area contributed by atoms with Gasteiger partial charge in [-0.25, -0.2) is 0 Å². The van der Waals surface area contributed by atoms with Crippen LogP contribution in [-0.2, 0) is 6.16 Å². The van der Waals surface area contributed by atoms with E-state index in [-0.39, 0.29) is 27.6 Å². The predicted octanol–water partition coefficient (Wildman–Crippen LogP) is 5.40. The molecule has 0 fully saturated rings. The van der Waals surface area contributed by atoms with E-state index in [1.165, 1.54) is 15.9 Å². The molecule has 0 atom stereocenters. The Morgan fingerprint density at radius 2 is 1.07 bits per heavy atom. The van der Waals surface area contributed by atoms with Gasteiger partial charge in [0, 0.05) is 0 Å². The summed E-state index contributed by atoms with van der Waals surface area (Å²) in [7, 11) is -2.44. The number of nitro benzene ring substituents is 1. The Kier molecular flexibility index (Phi) is 7.15. The first kappa shape index (κ1) is 21.9. The molecule has 0 spiro atoms. The third-order valence-corrected chi connectivity index (χ3v) is 10.3. The summed E-state index contributed by atoms with van der Waals surface area (Å²) in [6, 6.07) is 38.8. The molecule has 4 rings (SSSR count). The molecule has 152 valence electrons. The van der Waals surface area contributed by atoms with Crippen molar-refractivity contribution in [2.75, 3.05) is 0 Å². The van der Waals surface area contributed by atoms with Crippen LogP contribution >= 0.6 is 24.2 Å². The van der Waals surface area contributed by atoms with E-state index in [4.69, 9.17) is 0 Å². The fourth-order valence-corrected chi connectivity index (χ4v) is 8.79. The topological polar surface area (TPSA) is 43.1 Å². The first-order chi connectivity index (χ1) is 14.2. The summed E-state index contributed by atoms with van der Waals surface area (Å²) in [5, 5.41) is 15.2. The third kappa shape index (κ3) is 4.35. The summed E-state index contributed by atoms with van der Waals surface area (Å²) in [4.78, 5) is 11.0. The standard InChI is InChI=1S/C25H22NO2P.BrH/c27-26(28)22-12-10-11-21(19-22)20-29(23-13-4-1-5-14-23,24-15-6-2-7-16-24)25-17-8-3-9-18-25;/h1-19,29H,20H2;1H. The number of non-ortho nitro benzene ring substituents is 1. The summed E-state index contributed by atoms with van der Waals surface area (Å²) < 4.78 is 0. The maximum atomic E-state index is 11.3. The zero-order valence-corrected chi connectivity index (χ0v) is 19.1. The van der Waals surface area contributed by atoms with Crippen LogP contribution in [-0.4, -0.2) is 4.92 Å². The molecule has 0 saturated heterocycles. The summed E-state index contributed by atoms with van der Waals surface area (Å²) in [5.41, 5.74) is 1.13. The molecule has 0 aliphatic carbocycles. The van der Waals surface area contributed by atoms with E-state index in [0.717, 1.165) is 11.7 Å². The fraction of sp³-hybridized carbons (Fsp3) is 0.0400. The van der Waals surface area contributed by atoms with Crippen molar-refractivity contribution in [2.24, 2.45) is 0 Å². The second-order valence-electron chi connectivity index (χ2n) is 7.11. The van der Waals surface area contributed by atoms with Gasteiger partial charge in [0.15, 0.2) is 0 Å². The summed E-state index contributed by atoms with van der Waals surface area (Å²) in [6.45, 7) is 0. The Hall–Kier alpha value is -2.81. The zero-order valence-electron chi connectivity index (χ0n) is 16.3. The third-order valence-electron chi connectivity index (χ3n) is 5.39. The van der Waals surface area contributed by atoms with Gasteiger partial charge < -0.3 is 0 Å². The van der Waals surface area contributed by atoms with E-state index in [0.29, 0.717) is 0 Å². The molecule has 0 radical (unpaired) electrons. The molecule has 0 aliphatic heterocycles. The van der Waals surface area contributed by atoms with Crippen molar-refractivity contribution < 1.29 is 4.92 Å². The molecule has 0 aromatic heterocycles. The van der Waals surface area contributed by atoms with Gasteiger partial charge in [0.25, 0.3) is 0 Å². The molecular formula is C25H23BrNO2P. The Balaban J connectivity index is 0.00000256. The fourth-order valence-electron chi connectivity index (χ4n) is 4.06. The van der Waals surface area contributed by atoms with Crippen LogP contribution in [0.1, 0.15) is 5.56 Å². The molecule has 4 aromatic carbocycles. The number of benzene rings is 4. The van der Waals surface area contributed by atoms with Crippen molar-refractivity contribution in [3.63, 3.8) is 0 Å². The van der Waals surface area contributed by atoms with Gasteiger partial charge in [-0.2, -0.15) is 0 Å². The van der Waals surface area contributed by atoms with Crippen LogP contribution < -0.4 is 15.9 Å². The number of hydrogen-bond donors (Lipinski definition) is 0. The number of nitro groups is 1. The summed E-state index contributed by atoms with van der Waals surface area (Å²) in [6.07, 6.45) is 0.757. The molecule has 30 heavy (non-hydrogen) atoms. The van der Waals surface area contributed by atoms with Crippen LogP contribution in [0.4, 0.5) is 5.69 Å². The molecule has 4 aromatic rings. The Bertz CT molecular complexity index is 1010. The second kappa shape index (κ2) is 9.80. The van der Waals surface area contributed by atoms with Crippen LogP contribution in [0, 0.1) is 10.1 Å². The molecule has 5 heteroatoms.